The summed E-state index contributed by atoms with van der Waals surface area (Å²) in [5.74, 6) is -0.240. The highest BCUT2D eigenvalue weighted by molar-refractivity contribution is 5.81. The molecule has 0 radical (unpaired) electrons. The molecule has 1 atom stereocenters. The standard InChI is InChI=1S/C16H26N2O2/c1-7-17-16(4,15(19)20-6)11-18(5)14-9-12(2)8-13(3)10-14/h8-10,17H,7,11H2,1-6H3. The molecule has 0 aliphatic heterocycles. The van der Waals surface area contributed by atoms with Gasteiger partial charge in [-0.05, 0) is 50.6 Å². The van der Waals surface area contributed by atoms with Gasteiger partial charge in [0.15, 0.2) is 0 Å². The van der Waals surface area contributed by atoms with Crippen LogP contribution in [0.2, 0.25) is 0 Å². The van der Waals surface area contributed by atoms with Crippen molar-refractivity contribution in [3.63, 3.8) is 0 Å². The van der Waals surface area contributed by atoms with Gasteiger partial charge in [-0.25, -0.2) is 4.79 Å². The van der Waals surface area contributed by atoms with Crippen molar-refractivity contribution in [2.24, 2.45) is 0 Å². The highest BCUT2D eigenvalue weighted by atomic mass is 16.5. The van der Waals surface area contributed by atoms with Crippen LogP contribution in [0.1, 0.15) is 25.0 Å². The number of carbonyl (C=O) groups excluding carboxylic acids is 1. The zero-order chi connectivity index (χ0) is 15.3. The van der Waals surface area contributed by atoms with Gasteiger partial charge in [-0.2, -0.15) is 0 Å². The van der Waals surface area contributed by atoms with Crippen LogP contribution in [-0.2, 0) is 9.53 Å². The van der Waals surface area contributed by atoms with E-state index >= 15 is 0 Å². The Morgan fingerprint density at radius 2 is 1.85 bits per heavy atom. The molecule has 20 heavy (non-hydrogen) atoms. The van der Waals surface area contributed by atoms with Crippen molar-refractivity contribution in [2.45, 2.75) is 33.2 Å². The first kappa shape index (κ1) is 16.5. The minimum atomic E-state index is -0.712. The van der Waals surface area contributed by atoms with Gasteiger partial charge >= 0.3 is 5.97 Å². The summed E-state index contributed by atoms with van der Waals surface area (Å²) in [7, 11) is 3.42. The number of nitrogens with zero attached hydrogens (tertiary/aromatic N) is 1. The predicted molar refractivity (Wildman–Crippen MR) is 83.3 cm³/mol. The maximum Gasteiger partial charge on any atom is 0.327 e. The number of carbonyl (C=O) groups is 1. The minimum Gasteiger partial charge on any atom is -0.468 e. The molecule has 112 valence electrons. The Bertz CT molecular complexity index is 453. The van der Waals surface area contributed by atoms with Crippen LogP contribution in [0, 0.1) is 13.8 Å². The molecule has 1 unspecified atom stereocenters. The summed E-state index contributed by atoms with van der Waals surface area (Å²) in [5, 5.41) is 3.22. The van der Waals surface area contributed by atoms with Gasteiger partial charge in [0.25, 0.3) is 0 Å². The zero-order valence-electron chi connectivity index (χ0n) is 13.4. The number of aryl methyl sites for hydroxylation is 2. The Morgan fingerprint density at radius 3 is 2.30 bits per heavy atom. The van der Waals surface area contributed by atoms with E-state index in [2.05, 4.69) is 42.3 Å². The molecule has 1 aromatic carbocycles. The van der Waals surface area contributed by atoms with E-state index in [-0.39, 0.29) is 5.97 Å². The van der Waals surface area contributed by atoms with E-state index < -0.39 is 5.54 Å². The molecular formula is C16H26N2O2. The summed E-state index contributed by atoms with van der Waals surface area (Å²) in [5.41, 5.74) is 2.83. The Balaban J connectivity index is 2.95. The third-order valence-corrected chi connectivity index (χ3v) is 3.40. The van der Waals surface area contributed by atoms with E-state index in [1.165, 1.54) is 18.2 Å². The number of likely N-dealkylation sites (N-methyl/N-ethyl adjacent to an activating group) is 2. The normalized spacial score (nSPS) is 13.7. The number of hydrogen-bond donors (Lipinski definition) is 1. The monoisotopic (exact) mass is 278 g/mol. The van der Waals surface area contributed by atoms with Crippen molar-refractivity contribution in [1.82, 2.24) is 5.32 Å². The lowest BCUT2D eigenvalue weighted by atomic mass is 10.0. The number of ether oxygens (including phenoxy) is 1. The van der Waals surface area contributed by atoms with Gasteiger partial charge in [-0.15, -0.1) is 0 Å². The van der Waals surface area contributed by atoms with Crippen molar-refractivity contribution in [3.8, 4) is 0 Å². The number of rotatable bonds is 6. The second-order valence-electron chi connectivity index (χ2n) is 5.56. The van der Waals surface area contributed by atoms with Crippen molar-refractivity contribution >= 4 is 11.7 Å². The molecule has 0 aliphatic carbocycles. The molecular weight excluding hydrogens is 252 g/mol. The largest absolute Gasteiger partial charge is 0.468 e. The molecule has 1 N–H and O–H groups in total. The second-order valence-corrected chi connectivity index (χ2v) is 5.56. The Kier molecular flexibility index (Phi) is 5.57. The van der Waals surface area contributed by atoms with Gasteiger partial charge in [-0.1, -0.05) is 13.0 Å². The Labute approximate surface area is 122 Å². The first-order valence-electron chi connectivity index (χ1n) is 6.95. The summed E-state index contributed by atoms with van der Waals surface area (Å²) >= 11 is 0. The molecule has 1 aromatic rings. The van der Waals surface area contributed by atoms with Gasteiger partial charge < -0.3 is 15.0 Å². The minimum absolute atomic E-state index is 0.240. The summed E-state index contributed by atoms with van der Waals surface area (Å²) in [6.07, 6.45) is 0. The average Bonchev–Trinajstić information content (AvgIpc) is 2.36. The molecule has 0 amide bonds. The molecule has 0 spiro atoms. The van der Waals surface area contributed by atoms with E-state index in [1.54, 1.807) is 0 Å². The topological polar surface area (TPSA) is 41.6 Å². The maximum absolute atomic E-state index is 12.0. The fourth-order valence-electron chi connectivity index (χ4n) is 2.54. The molecule has 0 saturated heterocycles. The maximum atomic E-state index is 12.0. The third-order valence-electron chi connectivity index (χ3n) is 3.40. The number of benzene rings is 1. The summed E-state index contributed by atoms with van der Waals surface area (Å²) in [6.45, 7) is 9.28. The van der Waals surface area contributed by atoms with Crippen LogP contribution in [-0.4, -0.2) is 38.8 Å². The predicted octanol–water partition coefficient (Wildman–Crippen LogP) is 2.28. The molecule has 0 fully saturated rings. The van der Waals surface area contributed by atoms with E-state index in [1.807, 2.05) is 20.9 Å². The molecule has 0 bridgehead atoms. The van der Waals surface area contributed by atoms with E-state index in [9.17, 15) is 4.79 Å². The van der Waals surface area contributed by atoms with Crippen LogP contribution in [0.15, 0.2) is 18.2 Å². The van der Waals surface area contributed by atoms with Crippen molar-refractivity contribution < 1.29 is 9.53 Å². The lowest BCUT2D eigenvalue weighted by Gasteiger charge is -2.33. The summed E-state index contributed by atoms with van der Waals surface area (Å²) in [4.78, 5) is 14.1. The second kappa shape index (κ2) is 6.75. The van der Waals surface area contributed by atoms with Crippen LogP contribution in [0.4, 0.5) is 5.69 Å². The lowest BCUT2D eigenvalue weighted by Crippen LogP contribution is -2.57. The smallest absolute Gasteiger partial charge is 0.327 e. The van der Waals surface area contributed by atoms with Crippen LogP contribution >= 0.6 is 0 Å². The fourth-order valence-corrected chi connectivity index (χ4v) is 2.54. The van der Waals surface area contributed by atoms with Gasteiger partial charge in [0.05, 0.1) is 7.11 Å². The molecule has 4 nitrogen and oxygen atoms in total. The highest BCUT2D eigenvalue weighted by Crippen LogP contribution is 2.20. The molecule has 0 heterocycles. The van der Waals surface area contributed by atoms with Crippen molar-refractivity contribution in [1.29, 1.82) is 0 Å². The third kappa shape index (κ3) is 3.97. The number of methoxy groups -OCH3 is 1. The first-order chi connectivity index (χ1) is 9.32. The van der Waals surface area contributed by atoms with Crippen molar-refractivity contribution in [3.05, 3.63) is 29.3 Å². The SMILES string of the molecule is CCNC(C)(CN(C)c1cc(C)cc(C)c1)C(=O)OC. The van der Waals surface area contributed by atoms with Crippen LogP contribution < -0.4 is 10.2 Å². The Morgan fingerprint density at radius 1 is 1.30 bits per heavy atom. The van der Waals surface area contributed by atoms with E-state index in [0.717, 1.165) is 5.69 Å². The van der Waals surface area contributed by atoms with Crippen LogP contribution in [0.25, 0.3) is 0 Å². The van der Waals surface area contributed by atoms with Gasteiger partial charge in [0.2, 0.25) is 0 Å². The van der Waals surface area contributed by atoms with Crippen LogP contribution in [0.3, 0.4) is 0 Å². The number of anilines is 1. The number of esters is 1. The van der Waals surface area contributed by atoms with Crippen molar-refractivity contribution in [2.75, 3.05) is 32.1 Å². The number of nitrogens with one attached hydrogen (secondary N) is 1. The molecule has 0 aliphatic rings. The highest BCUT2D eigenvalue weighted by Gasteiger charge is 2.34. The van der Waals surface area contributed by atoms with Gasteiger partial charge in [-0.3, -0.25) is 0 Å². The van der Waals surface area contributed by atoms with Gasteiger partial charge in [0, 0.05) is 19.3 Å². The first-order valence-corrected chi connectivity index (χ1v) is 6.95. The molecule has 1 rings (SSSR count). The summed E-state index contributed by atoms with van der Waals surface area (Å²) < 4.78 is 4.92. The van der Waals surface area contributed by atoms with E-state index in [0.29, 0.717) is 13.1 Å². The molecule has 4 heteroatoms. The van der Waals surface area contributed by atoms with E-state index in [4.69, 9.17) is 4.74 Å². The molecule has 0 saturated carbocycles. The quantitative estimate of drug-likeness (QED) is 0.811. The Hall–Kier alpha value is -1.55. The fraction of sp³-hybridized carbons (Fsp3) is 0.562. The number of hydrogen-bond acceptors (Lipinski definition) is 4. The van der Waals surface area contributed by atoms with Gasteiger partial charge in [0.1, 0.15) is 5.54 Å². The lowest BCUT2D eigenvalue weighted by molar-refractivity contribution is -0.147. The average molecular weight is 278 g/mol. The zero-order valence-corrected chi connectivity index (χ0v) is 13.4. The summed E-state index contributed by atoms with van der Waals surface area (Å²) in [6, 6.07) is 6.38. The molecule has 0 aromatic heterocycles. The van der Waals surface area contributed by atoms with Crippen LogP contribution in [0.5, 0.6) is 0 Å².